The summed E-state index contributed by atoms with van der Waals surface area (Å²) < 4.78 is 5.72. The Morgan fingerprint density at radius 3 is 2.63 bits per heavy atom. The quantitative estimate of drug-likeness (QED) is 0.553. The number of hydrogen-bond acceptors (Lipinski definition) is 7. The molecular formula is C29H35N7O2. The number of nitrogens with zero attached hydrogens (tertiary/aromatic N) is 5. The molecule has 0 bridgehead atoms. The molecule has 1 saturated heterocycles. The second kappa shape index (κ2) is 10.2. The van der Waals surface area contributed by atoms with Gasteiger partial charge in [-0.15, -0.1) is 0 Å². The molecule has 9 nitrogen and oxygen atoms in total. The standard InChI is InChI=1S/C29H35N7O2/c1-34-11-13-35(14-12-34)26-17-24(31-28(30)32-26)21-8-7-19-9-10-36(18-22(19)15-21)29(37)33-27-23-6-4-3-5-20(23)16-25(27)38-2/h3-8,15,17,25,27H,9-14,16,18H2,1-2H3,(H,33,37)(H2,30,31,32)/t25-,27?/m1/s1. The number of hydrogen-bond donors (Lipinski definition) is 2. The molecule has 0 saturated carbocycles. The van der Waals surface area contributed by atoms with Crippen molar-refractivity contribution in [1.29, 1.82) is 0 Å². The fraction of sp³-hybridized carbons (Fsp3) is 0.414. The molecule has 2 atom stereocenters. The van der Waals surface area contributed by atoms with Crippen LogP contribution in [-0.4, -0.2) is 78.8 Å². The van der Waals surface area contributed by atoms with Gasteiger partial charge in [0.2, 0.25) is 5.95 Å². The highest BCUT2D eigenvalue weighted by Crippen LogP contribution is 2.34. The van der Waals surface area contributed by atoms with Gasteiger partial charge in [-0.25, -0.2) is 9.78 Å². The highest BCUT2D eigenvalue weighted by atomic mass is 16.5. The van der Waals surface area contributed by atoms with Gasteiger partial charge in [-0.05, 0) is 41.8 Å². The molecule has 2 amide bonds. The molecule has 9 heteroatoms. The van der Waals surface area contributed by atoms with E-state index in [1.54, 1.807) is 7.11 Å². The summed E-state index contributed by atoms with van der Waals surface area (Å²) in [6.07, 6.45) is 1.57. The van der Waals surface area contributed by atoms with Gasteiger partial charge < -0.3 is 30.5 Å². The van der Waals surface area contributed by atoms with Crippen molar-refractivity contribution in [3.63, 3.8) is 0 Å². The predicted molar refractivity (Wildman–Crippen MR) is 148 cm³/mol. The minimum Gasteiger partial charge on any atom is -0.379 e. The number of rotatable bonds is 4. The number of methoxy groups -OCH3 is 1. The lowest BCUT2D eigenvalue weighted by Gasteiger charge is -2.33. The van der Waals surface area contributed by atoms with E-state index in [0.29, 0.717) is 13.1 Å². The second-order valence-electron chi connectivity index (χ2n) is 10.5. The first-order valence-corrected chi connectivity index (χ1v) is 13.3. The normalized spacial score (nSPS) is 21.2. The van der Waals surface area contributed by atoms with Gasteiger partial charge in [0.1, 0.15) is 5.82 Å². The van der Waals surface area contributed by atoms with Crippen LogP contribution in [0.3, 0.4) is 0 Å². The fourth-order valence-corrected chi connectivity index (χ4v) is 5.86. The number of nitrogens with one attached hydrogen (secondary N) is 1. The number of fused-ring (bicyclic) bond motifs is 2. The molecule has 3 heterocycles. The van der Waals surface area contributed by atoms with Crippen LogP contribution >= 0.6 is 0 Å². The van der Waals surface area contributed by atoms with E-state index >= 15 is 0 Å². The first-order chi connectivity index (χ1) is 18.5. The lowest BCUT2D eigenvalue weighted by Crippen LogP contribution is -2.46. The van der Waals surface area contributed by atoms with Crippen molar-refractivity contribution in [3.05, 3.63) is 70.8 Å². The number of aromatic nitrogens is 2. The Balaban J connectivity index is 1.20. The zero-order chi connectivity index (χ0) is 26.2. The highest BCUT2D eigenvalue weighted by molar-refractivity contribution is 5.76. The van der Waals surface area contributed by atoms with E-state index in [0.717, 1.165) is 67.2 Å². The van der Waals surface area contributed by atoms with Crippen molar-refractivity contribution in [1.82, 2.24) is 25.1 Å². The molecular weight excluding hydrogens is 478 g/mol. The molecule has 198 valence electrons. The Morgan fingerprint density at radius 1 is 1.00 bits per heavy atom. The largest absolute Gasteiger partial charge is 0.379 e. The highest BCUT2D eigenvalue weighted by Gasteiger charge is 2.35. The minimum absolute atomic E-state index is 0.0576. The van der Waals surface area contributed by atoms with Gasteiger partial charge in [0.05, 0.1) is 17.8 Å². The van der Waals surface area contributed by atoms with Gasteiger partial charge in [0.15, 0.2) is 0 Å². The summed E-state index contributed by atoms with van der Waals surface area (Å²) in [6, 6.07) is 16.5. The third-order valence-electron chi connectivity index (χ3n) is 8.12. The number of carbonyl (C=O) groups excluding carboxylic acids is 1. The maximum absolute atomic E-state index is 13.4. The molecule has 2 aliphatic heterocycles. The van der Waals surface area contributed by atoms with Crippen LogP contribution in [0.4, 0.5) is 16.6 Å². The van der Waals surface area contributed by atoms with Gasteiger partial charge in [-0.3, -0.25) is 0 Å². The van der Waals surface area contributed by atoms with E-state index in [1.165, 1.54) is 11.1 Å². The lowest BCUT2D eigenvalue weighted by atomic mass is 9.96. The van der Waals surface area contributed by atoms with Crippen molar-refractivity contribution in [3.8, 4) is 11.3 Å². The van der Waals surface area contributed by atoms with Crippen LogP contribution in [0.2, 0.25) is 0 Å². The summed E-state index contributed by atoms with van der Waals surface area (Å²) >= 11 is 0. The number of carbonyl (C=O) groups is 1. The van der Waals surface area contributed by atoms with Gasteiger partial charge in [0.25, 0.3) is 0 Å². The van der Waals surface area contributed by atoms with E-state index < -0.39 is 0 Å². The van der Waals surface area contributed by atoms with Crippen molar-refractivity contribution in [2.24, 2.45) is 0 Å². The molecule has 38 heavy (non-hydrogen) atoms. The number of piperazine rings is 1. The van der Waals surface area contributed by atoms with Gasteiger partial charge in [-0.2, -0.15) is 4.98 Å². The summed E-state index contributed by atoms with van der Waals surface area (Å²) in [4.78, 5) is 28.9. The molecule has 3 aromatic rings. The summed E-state index contributed by atoms with van der Waals surface area (Å²) in [5.74, 6) is 1.14. The monoisotopic (exact) mass is 513 g/mol. The maximum Gasteiger partial charge on any atom is 0.318 e. The number of nitrogen functional groups attached to an aromatic ring is 1. The number of likely N-dealkylation sites (N-methyl/N-ethyl adjacent to an activating group) is 1. The van der Waals surface area contributed by atoms with Gasteiger partial charge >= 0.3 is 6.03 Å². The molecule has 0 radical (unpaired) electrons. The number of amides is 2. The third-order valence-corrected chi connectivity index (χ3v) is 8.12. The minimum atomic E-state index is -0.145. The number of urea groups is 1. The Bertz CT molecular complexity index is 1340. The van der Waals surface area contributed by atoms with Crippen molar-refractivity contribution in [2.45, 2.75) is 31.5 Å². The van der Waals surface area contributed by atoms with Crippen LogP contribution in [0.15, 0.2) is 48.5 Å². The van der Waals surface area contributed by atoms with E-state index in [2.05, 4.69) is 62.5 Å². The summed E-state index contributed by atoms with van der Waals surface area (Å²) in [7, 11) is 3.85. The molecule has 1 fully saturated rings. The van der Waals surface area contributed by atoms with E-state index in [9.17, 15) is 4.79 Å². The molecule has 1 unspecified atom stereocenters. The third kappa shape index (κ3) is 4.79. The Morgan fingerprint density at radius 2 is 1.82 bits per heavy atom. The number of nitrogens with two attached hydrogens (primary N) is 1. The second-order valence-corrected chi connectivity index (χ2v) is 10.5. The Kier molecular flexibility index (Phi) is 6.63. The zero-order valence-corrected chi connectivity index (χ0v) is 22.1. The van der Waals surface area contributed by atoms with Crippen LogP contribution in [-0.2, 0) is 24.1 Å². The first-order valence-electron chi connectivity index (χ1n) is 13.3. The van der Waals surface area contributed by atoms with Crippen molar-refractivity contribution >= 4 is 17.8 Å². The molecule has 1 aromatic heterocycles. The van der Waals surface area contributed by atoms with E-state index in [-0.39, 0.29) is 24.1 Å². The SMILES string of the molecule is CO[C@@H]1Cc2ccccc2C1NC(=O)N1CCc2ccc(-c3cc(N4CCN(C)CC4)nc(N)n3)cc2C1. The van der Waals surface area contributed by atoms with Gasteiger partial charge in [-0.1, -0.05) is 36.4 Å². The summed E-state index contributed by atoms with van der Waals surface area (Å²) in [5.41, 5.74) is 12.7. The van der Waals surface area contributed by atoms with Crippen molar-refractivity contribution in [2.75, 3.05) is 57.5 Å². The van der Waals surface area contributed by atoms with Crippen LogP contribution in [0.1, 0.15) is 28.3 Å². The van der Waals surface area contributed by atoms with Gasteiger partial charge in [0, 0.05) is 64.4 Å². The molecule has 0 spiro atoms. The van der Waals surface area contributed by atoms with Crippen LogP contribution in [0.25, 0.3) is 11.3 Å². The summed E-state index contributed by atoms with van der Waals surface area (Å²) in [6.45, 7) is 5.04. The first kappa shape index (κ1) is 24.6. The predicted octanol–water partition coefficient (Wildman–Crippen LogP) is 2.86. The lowest BCUT2D eigenvalue weighted by molar-refractivity contribution is 0.0783. The molecule has 1 aliphatic carbocycles. The molecule has 2 aromatic carbocycles. The molecule has 6 rings (SSSR count). The van der Waals surface area contributed by atoms with Crippen molar-refractivity contribution < 1.29 is 9.53 Å². The fourth-order valence-electron chi connectivity index (χ4n) is 5.86. The summed E-state index contributed by atoms with van der Waals surface area (Å²) in [5, 5.41) is 3.25. The van der Waals surface area contributed by atoms with E-state index in [1.807, 2.05) is 23.1 Å². The maximum atomic E-state index is 13.4. The average Bonchev–Trinajstić information content (AvgIpc) is 3.29. The Hall–Kier alpha value is -3.69. The smallest absolute Gasteiger partial charge is 0.318 e. The van der Waals surface area contributed by atoms with Crippen LogP contribution in [0.5, 0.6) is 0 Å². The number of benzene rings is 2. The molecule has 3 N–H and O–H groups in total. The average molecular weight is 514 g/mol. The van der Waals surface area contributed by atoms with Crippen LogP contribution in [0, 0.1) is 0 Å². The number of anilines is 2. The van der Waals surface area contributed by atoms with Crippen LogP contribution < -0.4 is 16.0 Å². The number of ether oxygens (including phenoxy) is 1. The zero-order valence-electron chi connectivity index (χ0n) is 22.1. The topological polar surface area (TPSA) is 99.9 Å². The van der Waals surface area contributed by atoms with E-state index in [4.69, 9.17) is 10.5 Å². The Labute approximate surface area is 223 Å². The molecule has 3 aliphatic rings.